The van der Waals surface area contributed by atoms with Crippen LogP contribution in [0.2, 0.25) is 0 Å². The van der Waals surface area contributed by atoms with E-state index < -0.39 is 5.60 Å². The fraction of sp³-hybridized carbons (Fsp3) is 0.294. The van der Waals surface area contributed by atoms with Crippen molar-refractivity contribution >= 4 is 0 Å². The quantitative estimate of drug-likeness (QED) is 0.907. The smallest absolute Gasteiger partial charge is 0.129 e. The molecule has 2 rings (SSSR count). The SMILES string of the molecule is CCC(O)(c1ccccc1)c1c(OC)cccc1OC. The third kappa shape index (κ3) is 2.37. The van der Waals surface area contributed by atoms with E-state index in [9.17, 15) is 5.11 Å². The zero-order valence-corrected chi connectivity index (χ0v) is 12.1. The molecule has 1 atom stereocenters. The molecule has 3 nitrogen and oxygen atoms in total. The summed E-state index contributed by atoms with van der Waals surface area (Å²) in [6.45, 7) is 1.94. The predicted octanol–water partition coefficient (Wildman–Crippen LogP) is 3.35. The van der Waals surface area contributed by atoms with E-state index in [1.54, 1.807) is 14.2 Å². The van der Waals surface area contributed by atoms with Crippen LogP contribution < -0.4 is 9.47 Å². The predicted molar refractivity (Wildman–Crippen MR) is 79.3 cm³/mol. The number of benzene rings is 2. The molecule has 0 heterocycles. The highest BCUT2D eigenvalue weighted by atomic mass is 16.5. The summed E-state index contributed by atoms with van der Waals surface area (Å²) >= 11 is 0. The van der Waals surface area contributed by atoms with E-state index >= 15 is 0 Å². The Hall–Kier alpha value is -2.00. The van der Waals surface area contributed by atoms with Gasteiger partial charge in [0.1, 0.15) is 17.1 Å². The Labute approximate surface area is 119 Å². The van der Waals surface area contributed by atoms with Crippen LogP contribution in [-0.4, -0.2) is 19.3 Å². The van der Waals surface area contributed by atoms with E-state index in [4.69, 9.17) is 9.47 Å². The lowest BCUT2D eigenvalue weighted by atomic mass is 9.83. The standard InChI is InChI=1S/C17H20O3/c1-4-17(18,13-9-6-5-7-10-13)16-14(19-2)11-8-12-15(16)20-3/h5-12,18H,4H2,1-3H3. The molecule has 0 saturated carbocycles. The van der Waals surface area contributed by atoms with Crippen LogP contribution in [0, 0.1) is 0 Å². The fourth-order valence-electron chi connectivity index (χ4n) is 2.50. The first kappa shape index (κ1) is 14.4. The summed E-state index contributed by atoms with van der Waals surface area (Å²) in [5.41, 5.74) is 0.350. The Morgan fingerprint density at radius 1 is 0.900 bits per heavy atom. The third-order valence-electron chi connectivity index (χ3n) is 3.60. The summed E-state index contributed by atoms with van der Waals surface area (Å²) in [4.78, 5) is 0. The van der Waals surface area contributed by atoms with Crippen LogP contribution in [0.5, 0.6) is 11.5 Å². The summed E-state index contributed by atoms with van der Waals surface area (Å²) in [5.74, 6) is 1.25. The van der Waals surface area contributed by atoms with Crippen molar-refractivity contribution in [3.63, 3.8) is 0 Å². The van der Waals surface area contributed by atoms with Gasteiger partial charge in [-0.15, -0.1) is 0 Å². The molecule has 0 bridgehead atoms. The fourth-order valence-corrected chi connectivity index (χ4v) is 2.50. The molecule has 3 heteroatoms. The van der Waals surface area contributed by atoms with Gasteiger partial charge in [-0.3, -0.25) is 0 Å². The van der Waals surface area contributed by atoms with Crippen molar-refractivity contribution in [2.24, 2.45) is 0 Å². The molecule has 1 N–H and O–H groups in total. The van der Waals surface area contributed by atoms with Crippen molar-refractivity contribution in [3.05, 3.63) is 59.7 Å². The molecule has 0 aromatic heterocycles. The average Bonchev–Trinajstić information content (AvgIpc) is 2.54. The molecular weight excluding hydrogens is 252 g/mol. The molecule has 0 radical (unpaired) electrons. The van der Waals surface area contributed by atoms with Crippen molar-refractivity contribution < 1.29 is 14.6 Å². The Bertz CT molecular complexity index is 543. The monoisotopic (exact) mass is 272 g/mol. The lowest BCUT2D eigenvalue weighted by Gasteiger charge is -2.30. The van der Waals surface area contributed by atoms with Crippen molar-refractivity contribution in [1.29, 1.82) is 0 Å². The van der Waals surface area contributed by atoms with Gasteiger partial charge < -0.3 is 14.6 Å². The highest BCUT2D eigenvalue weighted by Crippen LogP contribution is 2.43. The first-order chi connectivity index (χ1) is 9.67. The topological polar surface area (TPSA) is 38.7 Å². The average molecular weight is 272 g/mol. The van der Waals surface area contributed by atoms with Gasteiger partial charge in [-0.25, -0.2) is 0 Å². The molecule has 0 aliphatic rings. The van der Waals surface area contributed by atoms with E-state index in [0.29, 0.717) is 23.5 Å². The lowest BCUT2D eigenvalue weighted by molar-refractivity contribution is 0.0707. The van der Waals surface area contributed by atoms with E-state index in [1.807, 2.05) is 55.5 Å². The van der Waals surface area contributed by atoms with Crippen LogP contribution in [0.1, 0.15) is 24.5 Å². The van der Waals surface area contributed by atoms with E-state index in [0.717, 1.165) is 5.56 Å². The Morgan fingerprint density at radius 2 is 1.45 bits per heavy atom. The first-order valence-corrected chi connectivity index (χ1v) is 6.66. The van der Waals surface area contributed by atoms with Crippen LogP contribution in [0.3, 0.4) is 0 Å². The second-order valence-electron chi connectivity index (χ2n) is 4.62. The number of ether oxygens (including phenoxy) is 2. The number of hydrogen-bond donors (Lipinski definition) is 1. The zero-order chi connectivity index (χ0) is 14.6. The van der Waals surface area contributed by atoms with Crippen LogP contribution in [0.25, 0.3) is 0 Å². The van der Waals surface area contributed by atoms with Gasteiger partial charge in [0.2, 0.25) is 0 Å². The zero-order valence-electron chi connectivity index (χ0n) is 12.1. The molecule has 2 aromatic rings. The minimum absolute atomic E-state index is 0.522. The highest BCUT2D eigenvalue weighted by molar-refractivity contribution is 5.52. The van der Waals surface area contributed by atoms with Crippen molar-refractivity contribution in [1.82, 2.24) is 0 Å². The maximum absolute atomic E-state index is 11.2. The largest absolute Gasteiger partial charge is 0.496 e. The van der Waals surface area contributed by atoms with Gasteiger partial charge in [0.05, 0.1) is 19.8 Å². The molecule has 106 valence electrons. The Balaban J connectivity index is 2.68. The summed E-state index contributed by atoms with van der Waals surface area (Å²) in [7, 11) is 3.19. The molecule has 0 aliphatic carbocycles. The van der Waals surface area contributed by atoms with Gasteiger partial charge in [-0.05, 0) is 24.1 Å². The molecule has 1 unspecified atom stereocenters. The number of aliphatic hydroxyl groups is 1. The van der Waals surface area contributed by atoms with Crippen LogP contribution in [-0.2, 0) is 5.60 Å². The van der Waals surface area contributed by atoms with Gasteiger partial charge in [0, 0.05) is 0 Å². The highest BCUT2D eigenvalue weighted by Gasteiger charge is 2.35. The number of hydrogen-bond acceptors (Lipinski definition) is 3. The third-order valence-corrected chi connectivity index (χ3v) is 3.60. The lowest BCUT2D eigenvalue weighted by Crippen LogP contribution is -2.27. The maximum atomic E-state index is 11.2. The second-order valence-corrected chi connectivity index (χ2v) is 4.62. The minimum Gasteiger partial charge on any atom is -0.496 e. The molecule has 0 saturated heterocycles. The molecule has 0 aliphatic heterocycles. The van der Waals surface area contributed by atoms with Crippen molar-refractivity contribution in [2.45, 2.75) is 18.9 Å². The van der Waals surface area contributed by atoms with E-state index in [2.05, 4.69) is 0 Å². The summed E-state index contributed by atoms with van der Waals surface area (Å²) < 4.78 is 10.8. The molecule has 0 amide bonds. The minimum atomic E-state index is -1.14. The van der Waals surface area contributed by atoms with Gasteiger partial charge in [-0.1, -0.05) is 43.3 Å². The second kappa shape index (κ2) is 5.97. The molecule has 0 fully saturated rings. The van der Waals surface area contributed by atoms with E-state index in [-0.39, 0.29) is 0 Å². The van der Waals surface area contributed by atoms with Crippen LogP contribution in [0.4, 0.5) is 0 Å². The van der Waals surface area contributed by atoms with Crippen LogP contribution in [0.15, 0.2) is 48.5 Å². The first-order valence-electron chi connectivity index (χ1n) is 6.66. The van der Waals surface area contributed by atoms with Gasteiger partial charge in [-0.2, -0.15) is 0 Å². The van der Waals surface area contributed by atoms with Crippen molar-refractivity contribution in [3.8, 4) is 11.5 Å². The van der Waals surface area contributed by atoms with Gasteiger partial charge in [0.15, 0.2) is 0 Å². The summed E-state index contributed by atoms with van der Waals surface area (Å²) in [5, 5.41) is 11.2. The number of rotatable bonds is 5. The Morgan fingerprint density at radius 3 is 1.90 bits per heavy atom. The van der Waals surface area contributed by atoms with E-state index in [1.165, 1.54) is 0 Å². The summed E-state index contributed by atoms with van der Waals surface area (Å²) in [6.07, 6.45) is 0.522. The summed E-state index contributed by atoms with van der Waals surface area (Å²) in [6, 6.07) is 15.1. The normalized spacial score (nSPS) is 13.6. The molecule has 20 heavy (non-hydrogen) atoms. The van der Waals surface area contributed by atoms with Gasteiger partial charge in [0.25, 0.3) is 0 Å². The Kier molecular flexibility index (Phi) is 4.30. The molecular formula is C17H20O3. The number of methoxy groups -OCH3 is 2. The van der Waals surface area contributed by atoms with Gasteiger partial charge >= 0.3 is 0 Å². The molecule has 0 spiro atoms. The van der Waals surface area contributed by atoms with Crippen LogP contribution >= 0.6 is 0 Å². The van der Waals surface area contributed by atoms with Crippen molar-refractivity contribution in [2.75, 3.05) is 14.2 Å². The maximum Gasteiger partial charge on any atom is 0.129 e. The molecule has 2 aromatic carbocycles.